The Kier molecular flexibility index (Phi) is 6.87. The van der Waals surface area contributed by atoms with Crippen molar-refractivity contribution in [1.82, 2.24) is 9.97 Å². The number of benzene rings is 7. The van der Waals surface area contributed by atoms with Crippen molar-refractivity contribution < 1.29 is 0 Å². The molecule has 3 nitrogen and oxygen atoms in total. The SMILES string of the molecule is N#Cc1ccc(-c2cccc(-c3cccc(-c4ccc(-c5nc(-c6cccc7ccccc67)c6ccccc6n5)cc4)c3)c2)cc1. The van der Waals surface area contributed by atoms with E-state index in [1.54, 1.807) is 0 Å². The topological polar surface area (TPSA) is 49.6 Å². The molecule has 0 spiro atoms. The van der Waals surface area contributed by atoms with Crippen molar-refractivity contribution in [2.75, 3.05) is 0 Å². The van der Waals surface area contributed by atoms with E-state index in [-0.39, 0.29) is 0 Å². The van der Waals surface area contributed by atoms with Gasteiger partial charge in [0.25, 0.3) is 0 Å². The Bertz CT molecular complexity index is 2410. The summed E-state index contributed by atoms with van der Waals surface area (Å²) in [7, 11) is 0. The highest BCUT2D eigenvalue weighted by atomic mass is 14.9. The van der Waals surface area contributed by atoms with Crippen LogP contribution in [0, 0.1) is 11.3 Å². The van der Waals surface area contributed by atoms with Crippen molar-refractivity contribution in [3.8, 4) is 62.1 Å². The van der Waals surface area contributed by atoms with E-state index in [0.29, 0.717) is 11.4 Å². The van der Waals surface area contributed by atoms with E-state index < -0.39 is 0 Å². The predicted octanol–water partition coefficient (Wildman–Crippen LogP) is 11.0. The normalized spacial score (nSPS) is 11.0. The largest absolute Gasteiger partial charge is 0.228 e. The van der Waals surface area contributed by atoms with Gasteiger partial charge in [0.15, 0.2) is 5.82 Å². The fourth-order valence-electron chi connectivity index (χ4n) is 6.15. The van der Waals surface area contributed by atoms with Crippen LogP contribution in [0.25, 0.3) is 77.7 Å². The van der Waals surface area contributed by atoms with E-state index >= 15 is 0 Å². The fraction of sp³-hybridized carbons (Fsp3) is 0. The van der Waals surface area contributed by atoms with Crippen molar-refractivity contribution in [2.45, 2.75) is 0 Å². The van der Waals surface area contributed by atoms with Crippen LogP contribution in [0.15, 0.2) is 164 Å². The average Bonchev–Trinajstić information content (AvgIpc) is 3.14. The molecule has 8 rings (SSSR count). The molecule has 0 saturated heterocycles. The van der Waals surface area contributed by atoms with Crippen LogP contribution in [0.1, 0.15) is 5.56 Å². The molecule has 0 aliphatic heterocycles. The first-order valence-corrected chi connectivity index (χ1v) is 15.3. The highest BCUT2D eigenvalue weighted by Crippen LogP contribution is 2.35. The van der Waals surface area contributed by atoms with Crippen LogP contribution in [0.4, 0.5) is 0 Å². The summed E-state index contributed by atoms with van der Waals surface area (Å²) in [6.45, 7) is 0. The maximum absolute atomic E-state index is 9.15. The molecule has 3 heteroatoms. The summed E-state index contributed by atoms with van der Waals surface area (Å²) in [6.07, 6.45) is 0. The minimum Gasteiger partial charge on any atom is -0.228 e. The van der Waals surface area contributed by atoms with Gasteiger partial charge in [0.1, 0.15) is 0 Å². The molecule has 214 valence electrons. The number of hydrogen-bond acceptors (Lipinski definition) is 3. The Hall–Kier alpha value is -6.37. The summed E-state index contributed by atoms with van der Waals surface area (Å²) < 4.78 is 0. The van der Waals surface area contributed by atoms with E-state index in [2.05, 4.69) is 133 Å². The number of nitrogens with zero attached hydrogens (tertiary/aromatic N) is 3. The monoisotopic (exact) mass is 585 g/mol. The van der Waals surface area contributed by atoms with Gasteiger partial charge in [-0.05, 0) is 74.5 Å². The van der Waals surface area contributed by atoms with Gasteiger partial charge in [0.05, 0.1) is 22.8 Å². The van der Waals surface area contributed by atoms with Gasteiger partial charge >= 0.3 is 0 Å². The molecule has 0 atom stereocenters. The molecule has 0 saturated carbocycles. The van der Waals surface area contributed by atoms with Crippen LogP contribution in [0.3, 0.4) is 0 Å². The molecule has 0 unspecified atom stereocenters. The molecule has 1 aromatic heterocycles. The Labute approximate surface area is 267 Å². The molecule has 0 radical (unpaired) electrons. The molecule has 0 bridgehead atoms. The molecular weight excluding hydrogens is 558 g/mol. The van der Waals surface area contributed by atoms with Crippen molar-refractivity contribution in [1.29, 1.82) is 5.26 Å². The Morgan fingerprint density at radius 3 is 1.61 bits per heavy atom. The molecule has 7 aromatic carbocycles. The van der Waals surface area contributed by atoms with Gasteiger partial charge in [-0.3, -0.25) is 0 Å². The number of nitriles is 1. The van der Waals surface area contributed by atoms with Gasteiger partial charge in [0.2, 0.25) is 0 Å². The number of rotatable bonds is 5. The van der Waals surface area contributed by atoms with Crippen LogP contribution in [-0.2, 0) is 0 Å². The van der Waals surface area contributed by atoms with E-state index in [9.17, 15) is 0 Å². The van der Waals surface area contributed by atoms with E-state index in [1.165, 1.54) is 10.8 Å². The summed E-state index contributed by atoms with van der Waals surface area (Å²) in [6, 6.07) is 58.7. The lowest BCUT2D eigenvalue weighted by atomic mass is 9.95. The Morgan fingerprint density at radius 1 is 0.413 bits per heavy atom. The fourth-order valence-corrected chi connectivity index (χ4v) is 6.15. The summed E-state index contributed by atoms with van der Waals surface area (Å²) in [5, 5.41) is 12.6. The molecule has 46 heavy (non-hydrogen) atoms. The van der Waals surface area contributed by atoms with Gasteiger partial charge in [-0.15, -0.1) is 0 Å². The zero-order valence-corrected chi connectivity index (χ0v) is 24.9. The molecule has 0 amide bonds. The van der Waals surface area contributed by atoms with Gasteiger partial charge in [0, 0.05) is 16.5 Å². The lowest BCUT2D eigenvalue weighted by Gasteiger charge is -2.12. The lowest BCUT2D eigenvalue weighted by molar-refractivity contribution is 1.23. The van der Waals surface area contributed by atoms with Crippen LogP contribution in [0.2, 0.25) is 0 Å². The number of hydrogen-bond donors (Lipinski definition) is 0. The maximum Gasteiger partial charge on any atom is 0.160 e. The highest BCUT2D eigenvalue weighted by Gasteiger charge is 2.14. The first-order chi connectivity index (χ1) is 22.7. The van der Waals surface area contributed by atoms with Gasteiger partial charge in [-0.25, -0.2) is 9.97 Å². The molecule has 0 N–H and O–H groups in total. The quantitative estimate of drug-likeness (QED) is 0.202. The third-order valence-corrected chi connectivity index (χ3v) is 8.53. The second-order valence-corrected chi connectivity index (χ2v) is 11.4. The van der Waals surface area contributed by atoms with Gasteiger partial charge in [-0.2, -0.15) is 5.26 Å². The number of aromatic nitrogens is 2. The van der Waals surface area contributed by atoms with Crippen LogP contribution < -0.4 is 0 Å². The Balaban J connectivity index is 1.14. The second kappa shape index (κ2) is 11.6. The molecule has 8 aromatic rings. The average molecular weight is 586 g/mol. The first kappa shape index (κ1) is 27.2. The third kappa shape index (κ3) is 5.09. The summed E-state index contributed by atoms with van der Waals surface area (Å²) >= 11 is 0. The first-order valence-electron chi connectivity index (χ1n) is 15.3. The second-order valence-electron chi connectivity index (χ2n) is 11.4. The molecular formula is C43H27N3. The summed E-state index contributed by atoms with van der Waals surface area (Å²) in [5.74, 6) is 0.710. The lowest BCUT2D eigenvalue weighted by Crippen LogP contribution is -1.95. The van der Waals surface area contributed by atoms with Crippen LogP contribution in [0.5, 0.6) is 0 Å². The number of fused-ring (bicyclic) bond motifs is 2. The van der Waals surface area contributed by atoms with Gasteiger partial charge in [-0.1, -0.05) is 133 Å². The summed E-state index contributed by atoms with van der Waals surface area (Å²) in [5.41, 5.74) is 11.4. The van der Waals surface area contributed by atoms with E-state index in [0.717, 1.165) is 61.1 Å². The standard InChI is InChI=1S/C43H27N3/c44-28-29-18-20-30(21-19-29)34-10-5-12-36(26-34)37-13-6-11-35(27-37)31-22-24-33(25-23-31)43-45-41-17-4-3-15-40(41)42(46-43)39-16-7-9-32-8-1-2-14-38(32)39/h1-27H. The summed E-state index contributed by atoms with van der Waals surface area (Å²) in [4.78, 5) is 10.1. The van der Waals surface area contributed by atoms with E-state index in [4.69, 9.17) is 15.2 Å². The minimum absolute atomic E-state index is 0.663. The van der Waals surface area contributed by atoms with Crippen molar-refractivity contribution >= 4 is 21.7 Å². The highest BCUT2D eigenvalue weighted by molar-refractivity contribution is 6.03. The maximum atomic E-state index is 9.15. The van der Waals surface area contributed by atoms with E-state index in [1.807, 2.05) is 36.4 Å². The number of para-hydroxylation sites is 1. The molecule has 0 aliphatic carbocycles. The molecule has 0 fully saturated rings. The zero-order valence-electron chi connectivity index (χ0n) is 24.9. The van der Waals surface area contributed by atoms with Crippen molar-refractivity contribution in [2.24, 2.45) is 0 Å². The smallest absolute Gasteiger partial charge is 0.160 e. The predicted molar refractivity (Wildman–Crippen MR) is 189 cm³/mol. The third-order valence-electron chi connectivity index (χ3n) is 8.53. The van der Waals surface area contributed by atoms with Crippen molar-refractivity contribution in [3.05, 3.63) is 169 Å². The Morgan fingerprint density at radius 2 is 0.935 bits per heavy atom. The molecule has 1 heterocycles. The van der Waals surface area contributed by atoms with Gasteiger partial charge < -0.3 is 0 Å². The van der Waals surface area contributed by atoms with Crippen molar-refractivity contribution in [3.63, 3.8) is 0 Å². The minimum atomic E-state index is 0.663. The zero-order chi connectivity index (χ0) is 30.9. The molecule has 0 aliphatic rings. The van der Waals surface area contributed by atoms with Crippen LogP contribution in [-0.4, -0.2) is 9.97 Å². The van der Waals surface area contributed by atoms with Crippen LogP contribution >= 0.6 is 0 Å².